The highest BCUT2D eigenvalue weighted by atomic mass is 16.3. The van der Waals surface area contributed by atoms with Crippen molar-refractivity contribution in [1.82, 2.24) is 15.1 Å². The van der Waals surface area contributed by atoms with E-state index in [1.165, 1.54) is 18.4 Å². The molecule has 1 fully saturated rings. The van der Waals surface area contributed by atoms with Gasteiger partial charge in [0.15, 0.2) is 0 Å². The van der Waals surface area contributed by atoms with Gasteiger partial charge in [-0.3, -0.25) is 4.90 Å². The van der Waals surface area contributed by atoms with E-state index in [0.717, 1.165) is 32.6 Å². The Balaban J connectivity index is 1.64. The van der Waals surface area contributed by atoms with E-state index in [1.807, 2.05) is 25.2 Å². The molecule has 1 aliphatic heterocycles. The van der Waals surface area contributed by atoms with E-state index in [2.05, 4.69) is 27.2 Å². The third kappa shape index (κ3) is 7.28. The van der Waals surface area contributed by atoms with Crippen LogP contribution in [0, 0.1) is 0 Å². The van der Waals surface area contributed by atoms with Gasteiger partial charge in [0, 0.05) is 45.4 Å². The maximum absolute atomic E-state index is 10.3. The molecule has 136 valence electrons. The number of nitrogens with zero attached hydrogens (tertiary/aromatic N) is 2. The molecule has 1 aliphatic rings. The number of hydrogen-bond donors (Lipinski definition) is 3. The Morgan fingerprint density at radius 1 is 1.33 bits per heavy atom. The number of benzene rings is 1. The highest BCUT2D eigenvalue weighted by molar-refractivity contribution is 5.14. The molecule has 0 amide bonds. The van der Waals surface area contributed by atoms with Crippen LogP contribution in [0.1, 0.15) is 24.8 Å². The van der Waals surface area contributed by atoms with E-state index in [4.69, 9.17) is 5.11 Å². The van der Waals surface area contributed by atoms with Gasteiger partial charge in [-0.1, -0.05) is 30.3 Å². The molecule has 1 heterocycles. The second-order valence-electron chi connectivity index (χ2n) is 6.96. The van der Waals surface area contributed by atoms with Crippen LogP contribution in [-0.4, -0.2) is 78.5 Å². The van der Waals surface area contributed by atoms with Gasteiger partial charge in [0.25, 0.3) is 0 Å². The van der Waals surface area contributed by atoms with Gasteiger partial charge in [-0.05, 0) is 38.4 Å². The summed E-state index contributed by atoms with van der Waals surface area (Å²) >= 11 is 0. The van der Waals surface area contributed by atoms with Gasteiger partial charge in [-0.2, -0.15) is 0 Å². The minimum atomic E-state index is -0.355. The van der Waals surface area contributed by atoms with Crippen LogP contribution in [0.3, 0.4) is 0 Å². The van der Waals surface area contributed by atoms with Crippen molar-refractivity contribution in [1.29, 1.82) is 0 Å². The van der Waals surface area contributed by atoms with Crippen molar-refractivity contribution in [2.24, 2.45) is 0 Å². The van der Waals surface area contributed by atoms with Crippen molar-refractivity contribution < 1.29 is 10.2 Å². The number of likely N-dealkylation sites (tertiary alicyclic amines) is 1. The average molecular weight is 335 g/mol. The smallest absolute Gasteiger partial charge is 0.0791 e. The predicted octanol–water partition coefficient (Wildman–Crippen LogP) is 0.916. The topological polar surface area (TPSA) is 59.0 Å². The molecule has 2 rings (SSSR count). The third-order valence-electron chi connectivity index (χ3n) is 4.60. The number of aliphatic hydroxyl groups is 2. The zero-order valence-corrected chi connectivity index (χ0v) is 14.9. The Morgan fingerprint density at radius 2 is 2.12 bits per heavy atom. The first-order valence-electron chi connectivity index (χ1n) is 9.14. The monoisotopic (exact) mass is 335 g/mol. The largest absolute Gasteiger partial charge is 0.396 e. The summed E-state index contributed by atoms with van der Waals surface area (Å²) in [5, 5.41) is 22.7. The number of nitrogens with one attached hydrogen (secondary N) is 1. The number of piperidine rings is 1. The number of aliphatic hydroxyl groups excluding tert-OH is 2. The maximum atomic E-state index is 10.3. The molecule has 1 saturated heterocycles. The van der Waals surface area contributed by atoms with Crippen molar-refractivity contribution >= 4 is 0 Å². The first-order chi connectivity index (χ1) is 11.7. The summed E-state index contributed by atoms with van der Waals surface area (Å²) in [4.78, 5) is 4.57. The molecule has 5 heteroatoms. The zero-order valence-electron chi connectivity index (χ0n) is 14.9. The molecule has 2 atom stereocenters. The molecule has 0 bridgehead atoms. The van der Waals surface area contributed by atoms with Gasteiger partial charge >= 0.3 is 0 Å². The lowest BCUT2D eigenvalue weighted by Crippen LogP contribution is -2.49. The third-order valence-corrected chi connectivity index (χ3v) is 4.60. The van der Waals surface area contributed by atoms with Gasteiger partial charge in [-0.25, -0.2) is 0 Å². The van der Waals surface area contributed by atoms with Gasteiger partial charge < -0.3 is 20.4 Å². The standard InChI is InChI=1S/C19H33N3O2/c1-21(14-17-7-3-2-4-8-17)16-19(24)13-20-18-9-5-10-22(15-18)11-6-12-23/h2-4,7-8,18-20,23-24H,5-6,9-16H2,1H3. The molecule has 0 saturated carbocycles. The SMILES string of the molecule is CN(Cc1ccccc1)CC(O)CNC1CCCN(CCCO)C1. The number of likely N-dealkylation sites (N-methyl/N-ethyl adjacent to an activating group) is 1. The fraction of sp³-hybridized carbons (Fsp3) is 0.684. The van der Waals surface area contributed by atoms with Crippen LogP contribution in [0.2, 0.25) is 0 Å². The van der Waals surface area contributed by atoms with Gasteiger partial charge in [0.05, 0.1) is 6.10 Å². The molecule has 1 aromatic rings. The van der Waals surface area contributed by atoms with Crippen LogP contribution >= 0.6 is 0 Å². The van der Waals surface area contributed by atoms with Gasteiger partial charge in [0.2, 0.25) is 0 Å². The van der Waals surface area contributed by atoms with Crippen LogP contribution in [0.15, 0.2) is 30.3 Å². The Hall–Kier alpha value is -0.980. The highest BCUT2D eigenvalue weighted by Gasteiger charge is 2.20. The second kappa shape index (κ2) is 10.8. The first kappa shape index (κ1) is 19.3. The van der Waals surface area contributed by atoms with Crippen molar-refractivity contribution in [3.63, 3.8) is 0 Å². The summed E-state index contributed by atoms with van der Waals surface area (Å²) < 4.78 is 0. The zero-order chi connectivity index (χ0) is 17.2. The Morgan fingerprint density at radius 3 is 2.88 bits per heavy atom. The summed E-state index contributed by atoms with van der Waals surface area (Å²) in [5.41, 5.74) is 1.27. The quantitative estimate of drug-likeness (QED) is 0.593. The van der Waals surface area contributed by atoms with E-state index in [0.29, 0.717) is 19.1 Å². The molecule has 0 spiro atoms. The van der Waals surface area contributed by atoms with Gasteiger partial charge in [-0.15, -0.1) is 0 Å². The molecule has 24 heavy (non-hydrogen) atoms. The first-order valence-corrected chi connectivity index (χ1v) is 9.14. The van der Waals surface area contributed by atoms with E-state index >= 15 is 0 Å². The fourth-order valence-electron chi connectivity index (χ4n) is 3.41. The fourth-order valence-corrected chi connectivity index (χ4v) is 3.41. The van der Waals surface area contributed by atoms with Crippen LogP contribution in [0.4, 0.5) is 0 Å². The van der Waals surface area contributed by atoms with E-state index in [-0.39, 0.29) is 12.7 Å². The summed E-state index contributed by atoms with van der Waals surface area (Å²) in [6.45, 7) is 5.54. The molecule has 5 nitrogen and oxygen atoms in total. The molecule has 0 radical (unpaired) electrons. The summed E-state index contributed by atoms with van der Waals surface area (Å²) in [6.07, 6.45) is 2.85. The number of rotatable bonds is 10. The Kier molecular flexibility index (Phi) is 8.70. The van der Waals surface area contributed by atoms with Crippen molar-refractivity contribution in [2.75, 3.05) is 46.4 Å². The molecule has 1 aromatic carbocycles. The number of hydrogen-bond acceptors (Lipinski definition) is 5. The Bertz CT molecular complexity index is 443. The van der Waals surface area contributed by atoms with Crippen molar-refractivity contribution in [2.45, 2.75) is 38.0 Å². The van der Waals surface area contributed by atoms with E-state index in [1.54, 1.807) is 0 Å². The van der Waals surface area contributed by atoms with Crippen molar-refractivity contribution in [3.8, 4) is 0 Å². The summed E-state index contributed by atoms with van der Waals surface area (Å²) in [7, 11) is 2.05. The second-order valence-corrected chi connectivity index (χ2v) is 6.96. The molecule has 0 aliphatic carbocycles. The van der Waals surface area contributed by atoms with Crippen LogP contribution in [0.5, 0.6) is 0 Å². The molecular formula is C19H33N3O2. The molecule has 3 N–H and O–H groups in total. The molecule has 2 unspecified atom stereocenters. The van der Waals surface area contributed by atoms with Gasteiger partial charge in [0.1, 0.15) is 0 Å². The predicted molar refractivity (Wildman–Crippen MR) is 98.0 cm³/mol. The minimum absolute atomic E-state index is 0.265. The van der Waals surface area contributed by atoms with Crippen LogP contribution < -0.4 is 5.32 Å². The van der Waals surface area contributed by atoms with E-state index in [9.17, 15) is 5.11 Å². The Labute approximate surface area is 146 Å². The lowest BCUT2D eigenvalue weighted by Gasteiger charge is -2.33. The minimum Gasteiger partial charge on any atom is -0.396 e. The highest BCUT2D eigenvalue weighted by Crippen LogP contribution is 2.10. The van der Waals surface area contributed by atoms with Crippen molar-refractivity contribution in [3.05, 3.63) is 35.9 Å². The lowest BCUT2D eigenvalue weighted by molar-refractivity contribution is 0.109. The van der Waals surface area contributed by atoms with Crippen LogP contribution in [-0.2, 0) is 6.54 Å². The van der Waals surface area contributed by atoms with Crippen LogP contribution in [0.25, 0.3) is 0 Å². The maximum Gasteiger partial charge on any atom is 0.0791 e. The molecular weight excluding hydrogens is 302 g/mol. The summed E-state index contributed by atoms with van der Waals surface area (Å²) in [5.74, 6) is 0. The average Bonchev–Trinajstić information content (AvgIpc) is 2.59. The van der Waals surface area contributed by atoms with E-state index < -0.39 is 0 Å². The lowest BCUT2D eigenvalue weighted by atomic mass is 10.1. The molecule has 0 aromatic heterocycles. The normalized spacial score (nSPS) is 20.4. The summed E-state index contributed by atoms with van der Waals surface area (Å²) in [6, 6.07) is 10.8.